The second kappa shape index (κ2) is 10.5. The summed E-state index contributed by atoms with van der Waals surface area (Å²) in [5.74, 6) is -2.11. The normalized spacial score (nSPS) is 16.7. The van der Waals surface area contributed by atoms with Gasteiger partial charge >= 0.3 is 11.9 Å². The van der Waals surface area contributed by atoms with Crippen molar-refractivity contribution >= 4 is 39.9 Å². The number of esters is 1. The standard InChI is InChI=1S/C26H23N3O6S/c1-4-13-35-18-10-8-16(9-11-18)21(30)19-20(17-7-6-12-27-14-17)29(24(32)22(19)31)26-28-15(3)23(36-26)25(33)34-5-2/h4,6-12,14,20,30H,1,5,13H2,2-3H3/t20-/m1/s1. The first kappa shape index (κ1) is 24.8. The molecule has 1 aromatic carbocycles. The molecule has 1 fully saturated rings. The van der Waals surface area contributed by atoms with E-state index in [2.05, 4.69) is 16.5 Å². The molecular weight excluding hydrogens is 482 g/mol. The fourth-order valence-corrected chi connectivity index (χ4v) is 4.76. The minimum atomic E-state index is -1.00. The lowest BCUT2D eigenvalue weighted by molar-refractivity contribution is -0.132. The van der Waals surface area contributed by atoms with Crippen molar-refractivity contribution in [2.24, 2.45) is 0 Å². The molecule has 0 bridgehead atoms. The third-order valence-corrected chi connectivity index (χ3v) is 6.53. The van der Waals surface area contributed by atoms with Crippen LogP contribution in [0.25, 0.3) is 5.76 Å². The number of ketones is 1. The van der Waals surface area contributed by atoms with E-state index >= 15 is 0 Å². The van der Waals surface area contributed by atoms with E-state index in [-0.39, 0.29) is 27.9 Å². The summed E-state index contributed by atoms with van der Waals surface area (Å²) in [5, 5.41) is 11.3. The number of Topliss-reactive ketones (excluding diaryl/α,β-unsaturated/α-hetero) is 1. The monoisotopic (exact) mass is 505 g/mol. The van der Waals surface area contributed by atoms with Crippen LogP contribution in [-0.2, 0) is 14.3 Å². The van der Waals surface area contributed by atoms with Gasteiger partial charge in [0.15, 0.2) is 5.13 Å². The van der Waals surface area contributed by atoms with Gasteiger partial charge in [-0.3, -0.25) is 19.5 Å². The van der Waals surface area contributed by atoms with Crippen molar-refractivity contribution in [3.63, 3.8) is 0 Å². The molecule has 3 heterocycles. The SMILES string of the molecule is C=CCOc1ccc(C(O)=C2C(=O)C(=O)N(c3nc(C)c(C(=O)OCC)s3)[C@@H]2c2cccnc2)cc1. The van der Waals surface area contributed by atoms with Gasteiger partial charge in [0.05, 0.1) is 23.9 Å². The smallest absolute Gasteiger partial charge is 0.350 e. The van der Waals surface area contributed by atoms with Crippen molar-refractivity contribution in [1.29, 1.82) is 0 Å². The average Bonchev–Trinajstić information content (AvgIpc) is 3.40. The van der Waals surface area contributed by atoms with Crippen LogP contribution in [0.5, 0.6) is 5.75 Å². The molecule has 0 radical (unpaired) electrons. The number of rotatable bonds is 8. The highest BCUT2D eigenvalue weighted by Gasteiger charge is 2.48. The summed E-state index contributed by atoms with van der Waals surface area (Å²) in [6, 6.07) is 8.83. The van der Waals surface area contributed by atoms with E-state index in [0.29, 0.717) is 29.2 Å². The van der Waals surface area contributed by atoms with E-state index in [1.165, 1.54) is 11.1 Å². The first-order valence-electron chi connectivity index (χ1n) is 11.1. The molecule has 36 heavy (non-hydrogen) atoms. The van der Waals surface area contributed by atoms with Crippen molar-refractivity contribution in [2.45, 2.75) is 19.9 Å². The summed E-state index contributed by atoms with van der Waals surface area (Å²) < 4.78 is 10.6. The van der Waals surface area contributed by atoms with Gasteiger partial charge in [0.2, 0.25) is 0 Å². The molecule has 184 valence electrons. The van der Waals surface area contributed by atoms with Crippen molar-refractivity contribution in [2.75, 3.05) is 18.1 Å². The summed E-state index contributed by atoms with van der Waals surface area (Å²) in [4.78, 5) is 48.8. The van der Waals surface area contributed by atoms with Crippen LogP contribution in [0.2, 0.25) is 0 Å². The predicted molar refractivity (Wildman–Crippen MR) is 134 cm³/mol. The molecule has 0 aliphatic carbocycles. The number of thiazole rings is 1. The van der Waals surface area contributed by atoms with E-state index in [1.54, 1.807) is 62.5 Å². The van der Waals surface area contributed by atoms with Crippen LogP contribution in [0.1, 0.15) is 39.5 Å². The van der Waals surface area contributed by atoms with Crippen LogP contribution < -0.4 is 9.64 Å². The number of aryl methyl sites for hydroxylation is 1. The van der Waals surface area contributed by atoms with Gasteiger partial charge in [0, 0.05) is 18.0 Å². The Kier molecular flexibility index (Phi) is 7.25. The molecule has 0 unspecified atom stereocenters. The molecule has 10 heteroatoms. The number of aliphatic hydroxyl groups excluding tert-OH is 1. The number of aromatic nitrogens is 2. The molecule has 2 aromatic heterocycles. The van der Waals surface area contributed by atoms with Gasteiger partial charge in [-0.05, 0) is 49.7 Å². The van der Waals surface area contributed by atoms with Crippen LogP contribution in [0, 0.1) is 6.92 Å². The fourth-order valence-electron chi connectivity index (χ4n) is 3.77. The van der Waals surface area contributed by atoms with Gasteiger partial charge in [-0.1, -0.05) is 30.1 Å². The largest absolute Gasteiger partial charge is 0.507 e. The van der Waals surface area contributed by atoms with Crippen LogP contribution in [0.15, 0.2) is 67.0 Å². The summed E-state index contributed by atoms with van der Waals surface area (Å²) >= 11 is 0.946. The van der Waals surface area contributed by atoms with Gasteiger partial charge in [0.1, 0.15) is 23.0 Å². The number of pyridine rings is 1. The number of hydrogen-bond donors (Lipinski definition) is 1. The number of carbonyl (C=O) groups is 3. The van der Waals surface area contributed by atoms with Gasteiger partial charge in [-0.15, -0.1) is 0 Å². The highest BCUT2D eigenvalue weighted by molar-refractivity contribution is 7.17. The maximum Gasteiger partial charge on any atom is 0.350 e. The van der Waals surface area contributed by atoms with Gasteiger partial charge in [-0.25, -0.2) is 9.78 Å². The van der Waals surface area contributed by atoms with Crippen molar-refractivity contribution < 1.29 is 29.0 Å². The van der Waals surface area contributed by atoms with E-state index in [0.717, 1.165) is 11.3 Å². The number of ether oxygens (including phenoxy) is 2. The van der Waals surface area contributed by atoms with Crippen molar-refractivity contribution in [3.05, 3.63) is 88.7 Å². The quantitative estimate of drug-likeness (QED) is 0.159. The number of hydrogen-bond acceptors (Lipinski definition) is 9. The number of anilines is 1. The Labute approximate surface area is 211 Å². The van der Waals surface area contributed by atoms with Gasteiger partial charge in [0.25, 0.3) is 5.78 Å². The molecular formula is C26H23N3O6S. The third-order valence-electron chi connectivity index (χ3n) is 5.39. The molecule has 1 amide bonds. The minimum absolute atomic E-state index is 0.113. The summed E-state index contributed by atoms with van der Waals surface area (Å²) in [5.41, 5.74) is 1.08. The molecule has 1 saturated heterocycles. The Morgan fingerprint density at radius 1 is 1.25 bits per heavy atom. The number of carbonyl (C=O) groups excluding carboxylic acids is 3. The molecule has 1 N–H and O–H groups in total. The lowest BCUT2D eigenvalue weighted by atomic mass is 9.96. The molecule has 1 aliphatic heterocycles. The molecule has 1 atom stereocenters. The number of amides is 1. The topological polar surface area (TPSA) is 119 Å². The predicted octanol–water partition coefficient (Wildman–Crippen LogP) is 4.21. The zero-order valence-electron chi connectivity index (χ0n) is 19.6. The number of benzene rings is 1. The zero-order chi connectivity index (χ0) is 25.8. The average molecular weight is 506 g/mol. The number of aliphatic hydroxyl groups is 1. The number of nitrogens with zero attached hydrogens (tertiary/aromatic N) is 3. The third kappa shape index (κ3) is 4.63. The summed E-state index contributed by atoms with van der Waals surface area (Å²) in [7, 11) is 0. The lowest BCUT2D eigenvalue weighted by Gasteiger charge is -2.22. The Morgan fingerprint density at radius 3 is 2.64 bits per heavy atom. The Bertz CT molecular complexity index is 1350. The van der Waals surface area contributed by atoms with E-state index in [1.807, 2.05) is 0 Å². The molecule has 0 saturated carbocycles. The maximum absolute atomic E-state index is 13.3. The first-order chi connectivity index (χ1) is 17.4. The summed E-state index contributed by atoms with van der Waals surface area (Å²) in [6.07, 6.45) is 4.68. The van der Waals surface area contributed by atoms with Gasteiger partial charge in [-0.2, -0.15) is 0 Å². The van der Waals surface area contributed by atoms with E-state index in [4.69, 9.17) is 9.47 Å². The van der Waals surface area contributed by atoms with Crippen LogP contribution in [-0.4, -0.2) is 45.9 Å². The van der Waals surface area contributed by atoms with Crippen LogP contribution in [0.4, 0.5) is 5.13 Å². The highest BCUT2D eigenvalue weighted by Crippen LogP contribution is 2.43. The summed E-state index contributed by atoms with van der Waals surface area (Å²) in [6.45, 7) is 7.42. The van der Waals surface area contributed by atoms with Crippen molar-refractivity contribution in [3.8, 4) is 5.75 Å². The van der Waals surface area contributed by atoms with Crippen LogP contribution >= 0.6 is 11.3 Å². The second-order valence-corrected chi connectivity index (χ2v) is 8.69. The van der Waals surface area contributed by atoms with Gasteiger partial charge < -0.3 is 14.6 Å². The van der Waals surface area contributed by atoms with E-state index in [9.17, 15) is 19.5 Å². The lowest BCUT2D eigenvalue weighted by Crippen LogP contribution is -2.29. The zero-order valence-corrected chi connectivity index (χ0v) is 20.4. The Morgan fingerprint density at radius 2 is 2.00 bits per heavy atom. The maximum atomic E-state index is 13.3. The second-order valence-electron chi connectivity index (χ2n) is 7.71. The Hall–Kier alpha value is -4.31. The first-order valence-corrected chi connectivity index (χ1v) is 11.9. The minimum Gasteiger partial charge on any atom is -0.507 e. The molecule has 3 aromatic rings. The highest BCUT2D eigenvalue weighted by atomic mass is 32.1. The fraction of sp³-hybridized carbons (Fsp3) is 0.192. The van der Waals surface area contributed by atoms with E-state index < -0.39 is 23.7 Å². The molecule has 1 aliphatic rings. The van der Waals surface area contributed by atoms with Crippen LogP contribution in [0.3, 0.4) is 0 Å². The molecule has 9 nitrogen and oxygen atoms in total. The van der Waals surface area contributed by atoms with Crippen molar-refractivity contribution in [1.82, 2.24) is 9.97 Å². The Balaban J connectivity index is 1.83. The molecule has 4 rings (SSSR count). The molecule has 0 spiro atoms.